The first-order chi connectivity index (χ1) is 17.5. The summed E-state index contributed by atoms with van der Waals surface area (Å²) in [7, 11) is 3.61. The van der Waals surface area contributed by atoms with E-state index in [0.717, 1.165) is 34.3 Å². The normalized spacial score (nSPS) is 14.1. The lowest BCUT2D eigenvalue weighted by atomic mass is 10.0. The van der Waals surface area contributed by atoms with Crippen LogP contribution in [-0.2, 0) is 7.05 Å². The van der Waals surface area contributed by atoms with Gasteiger partial charge in [-0.05, 0) is 30.2 Å². The molecule has 2 aromatic heterocycles. The molecule has 1 saturated heterocycles. The maximum Gasteiger partial charge on any atom is 0.287 e. The summed E-state index contributed by atoms with van der Waals surface area (Å²) in [5, 5.41) is 11.8. The quantitative estimate of drug-likeness (QED) is 0.305. The standard InChI is InChI=1S/C27H27N5O4/c1-29-23-17-21(36-2)10-11-22(23)25(26(29)19-7-4-3-5-8-19)27(33)31-14-6-13-30(15-16-31)24-12-9-20(18-28-24)32(34)35/h3-5,7-12,17-18H,6,13-16H2,1-2H3. The number of carbonyl (C=O) groups is 1. The molecule has 5 rings (SSSR count). The number of pyridine rings is 1. The molecular weight excluding hydrogens is 458 g/mol. The van der Waals surface area contributed by atoms with Gasteiger partial charge in [0.05, 0.1) is 28.8 Å². The highest BCUT2D eigenvalue weighted by atomic mass is 16.6. The molecule has 0 spiro atoms. The molecule has 0 saturated carbocycles. The Labute approximate surface area is 208 Å². The molecule has 184 valence electrons. The lowest BCUT2D eigenvalue weighted by Gasteiger charge is -2.23. The minimum Gasteiger partial charge on any atom is -0.497 e. The van der Waals surface area contributed by atoms with Crippen LogP contribution in [0.3, 0.4) is 0 Å². The van der Waals surface area contributed by atoms with Crippen LogP contribution in [0.25, 0.3) is 22.2 Å². The zero-order valence-electron chi connectivity index (χ0n) is 20.3. The van der Waals surface area contributed by atoms with Gasteiger partial charge in [0.1, 0.15) is 17.8 Å². The molecule has 1 amide bonds. The predicted octanol–water partition coefficient (Wildman–Crippen LogP) is 4.51. The van der Waals surface area contributed by atoms with E-state index in [1.807, 2.05) is 60.5 Å². The number of hydrogen-bond donors (Lipinski definition) is 0. The molecule has 9 heteroatoms. The van der Waals surface area contributed by atoms with Crippen LogP contribution >= 0.6 is 0 Å². The van der Waals surface area contributed by atoms with Crippen molar-refractivity contribution in [1.82, 2.24) is 14.5 Å². The Kier molecular flexibility index (Phi) is 6.28. The first-order valence-corrected chi connectivity index (χ1v) is 11.8. The Hall–Kier alpha value is -4.40. The number of amides is 1. The van der Waals surface area contributed by atoms with Crippen LogP contribution in [0.4, 0.5) is 11.5 Å². The number of ether oxygens (including phenoxy) is 1. The van der Waals surface area contributed by atoms with Gasteiger partial charge in [0, 0.05) is 50.7 Å². The lowest BCUT2D eigenvalue weighted by molar-refractivity contribution is -0.385. The van der Waals surface area contributed by atoms with Gasteiger partial charge in [0.2, 0.25) is 0 Å². The van der Waals surface area contributed by atoms with Crippen molar-refractivity contribution in [3.8, 4) is 17.0 Å². The van der Waals surface area contributed by atoms with Crippen molar-refractivity contribution in [2.75, 3.05) is 38.2 Å². The van der Waals surface area contributed by atoms with Gasteiger partial charge in [-0.1, -0.05) is 30.3 Å². The van der Waals surface area contributed by atoms with E-state index >= 15 is 0 Å². The zero-order chi connectivity index (χ0) is 25.2. The van der Waals surface area contributed by atoms with E-state index in [1.54, 1.807) is 13.2 Å². The molecular formula is C27H27N5O4. The number of benzene rings is 2. The van der Waals surface area contributed by atoms with Gasteiger partial charge in [-0.2, -0.15) is 0 Å². The number of aryl methyl sites for hydroxylation is 1. The molecule has 1 fully saturated rings. The third-order valence-electron chi connectivity index (χ3n) is 6.72. The van der Waals surface area contributed by atoms with Gasteiger partial charge in [-0.25, -0.2) is 4.98 Å². The molecule has 0 N–H and O–H groups in total. The number of fused-ring (bicyclic) bond motifs is 1. The third-order valence-corrected chi connectivity index (χ3v) is 6.72. The summed E-state index contributed by atoms with van der Waals surface area (Å²) in [6.07, 6.45) is 2.04. The molecule has 0 aliphatic carbocycles. The summed E-state index contributed by atoms with van der Waals surface area (Å²) in [5.41, 5.74) is 3.43. The molecule has 1 aliphatic heterocycles. The van der Waals surface area contributed by atoms with Gasteiger partial charge in [-0.3, -0.25) is 14.9 Å². The smallest absolute Gasteiger partial charge is 0.287 e. The average molecular weight is 486 g/mol. The van der Waals surface area contributed by atoms with Crippen LogP contribution in [0.5, 0.6) is 5.75 Å². The average Bonchev–Trinajstić information content (AvgIpc) is 3.04. The molecule has 0 radical (unpaired) electrons. The fourth-order valence-electron chi connectivity index (χ4n) is 4.87. The van der Waals surface area contributed by atoms with E-state index in [0.29, 0.717) is 37.6 Å². The third kappa shape index (κ3) is 4.24. The monoisotopic (exact) mass is 485 g/mol. The summed E-state index contributed by atoms with van der Waals surface area (Å²) >= 11 is 0. The summed E-state index contributed by atoms with van der Waals surface area (Å²) in [4.78, 5) is 32.8. The minimum atomic E-state index is -0.455. The van der Waals surface area contributed by atoms with Crippen molar-refractivity contribution in [3.05, 3.63) is 82.5 Å². The number of methoxy groups -OCH3 is 1. The SMILES string of the molecule is COc1ccc2c(C(=O)N3CCCN(c4ccc([N+](=O)[O-])cn4)CC3)c(-c3ccccc3)n(C)c2c1. The number of anilines is 1. The molecule has 36 heavy (non-hydrogen) atoms. The Bertz CT molecular complexity index is 1420. The lowest BCUT2D eigenvalue weighted by Crippen LogP contribution is -2.35. The Morgan fingerprint density at radius 1 is 1.03 bits per heavy atom. The summed E-state index contributed by atoms with van der Waals surface area (Å²) < 4.78 is 7.50. The topological polar surface area (TPSA) is 93.7 Å². The molecule has 1 aliphatic rings. The second-order valence-corrected chi connectivity index (χ2v) is 8.80. The van der Waals surface area contributed by atoms with Crippen LogP contribution in [0.2, 0.25) is 0 Å². The summed E-state index contributed by atoms with van der Waals surface area (Å²) in [6, 6.07) is 18.9. The van der Waals surface area contributed by atoms with E-state index in [-0.39, 0.29) is 11.6 Å². The maximum atomic E-state index is 14.1. The van der Waals surface area contributed by atoms with Crippen molar-refractivity contribution < 1.29 is 14.5 Å². The first-order valence-electron chi connectivity index (χ1n) is 11.8. The van der Waals surface area contributed by atoms with Crippen LogP contribution < -0.4 is 9.64 Å². The Balaban J connectivity index is 1.48. The highest BCUT2D eigenvalue weighted by Gasteiger charge is 2.28. The first kappa shape index (κ1) is 23.3. The number of rotatable bonds is 5. The molecule has 0 atom stereocenters. The second kappa shape index (κ2) is 9.69. The van der Waals surface area contributed by atoms with E-state index in [9.17, 15) is 14.9 Å². The molecule has 4 aromatic rings. The largest absolute Gasteiger partial charge is 0.497 e. The van der Waals surface area contributed by atoms with Gasteiger partial charge < -0.3 is 19.1 Å². The molecule has 0 bridgehead atoms. The van der Waals surface area contributed by atoms with Gasteiger partial charge in [0.25, 0.3) is 11.6 Å². The highest BCUT2D eigenvalue weighted by Crippen LogP contribution is 2.36. The van der Waals surface area contributed by atoms with Gasteiger partial charge in [0.15, 0.2) is 0 Å². The molecule has 9 nitrogen and oxygen atoms in total. The van der Waals surface area contributed by atoms with Crippen LogP contribution in [0.1, 0.15) is 16.8 Å². The number of nitro groups is 1. The summed E-state index contributed by atoms with van der Waals surface area (Å²) in [5.74, 6) is 1.41. The Morgan fingerprint density at radius 2 is 1.83 bits per heavy atom. The van der Waals surface area contributed by atoms with E-state index in [2.05, 4.69) is 14.5 Å². The van der Waals surface area contributed by atoms with E-state index in [4.69, 9.17) is 4.74 Å². The van der Waals surface area contributed by atoms with Gasteiger partial charge >= 0.3 is 0 Å². The van der Waals surface area contributed by atoms with Crippen LogP contribution in [0, 0.1) is 10.1 Å². The van der Waals surface area contributed by atoms with Crippen molar-refractivity contribution >= 4 is 28.3 Å². The number of nitrogens with zero attached hydrogens (tertiary/aromatic N) is 5. The van der Waals surface area contributed by atoms with Gasteiger partial charge in [-0.15, -0.1) is 0 Å². The zero-order valence-corrected chi connectivity index (χ0v) is 20.3. The Morgan fingerprint density at radius 3 is 2.53 bits per heavy atom. The summed E-state index contributed by atoms with van der Waals surface area (Å²) in [6.45, 7) is 2.45. The van der Waals surface area contributed by atoms with Crippen molar-refractivity contribution in [2.45, 2.75) is 6.42 Å². The van der Waals surface area contributed by atoms with E-state index in [1.165, 1.54) is 12.3 Å². The molecule has 0 unspecified atom stereocenters. The van der Waals surface area contributed by atoms with Crippen molar-refractivity contribution in [1.29, 1.82) is 0 Å². The number of aromatic nitrogens is 2. The van der Waals surface area contributed by atoms with Crippen molar-refractivity contribution in [2.24, 2.45) is 7.05 Å². The number of hydrogen-bond acceptors (Lipinski definition) is 6. The van der Waals surface area contributed by atoms with E-state index < -0.39 is 4.92 Å². The fourth-order valence-corrected chi connectivity index (χ4v) is 4.87. The highest BCUT2D eigenvalue weighted by molar-refractivity contribution is 6.13. The van der Waals surface area contributed by atoms with Crippen LogP contribution in [0.15, 0.2) is 66.9 Å². The minimum absolute atomic E-state index is 0.0110. The van der Waals surface area contributed by atoms with Crippen LogP contribution in [-0.4, -0.2) is 58.6 Å². The molecule has 3 heterocycles. The fraction of sp³-hybridized carbons (Fsp3) is 0.259. The maximum absolute atomic E-state index is 14.1. The predicted molar refractivity (Wildman–Crippen MR) is 139 cm³/mol. The molecule has 2 aromatic carbocycles. The number of carbonyl (C=O) groups excluding carboxylic acids is 1. The second-order valence-electron chi connectivity index (χ2n) is 8.80. The van der Waals surface area contributed by atoms with Crippen molar-refractivity contribution in [3.63, 3.8) is 0 Å².